The van der Waals surface area contributed by atoms with Crippen LogP contribution in [0.25, 0.3) is 10.8 Å². The quantitative estimate of drug-likeness (QED) is 0.733. The summed E-state index contributed by atoms with van der Waals surface area (Å²) in [6.45, 7) is 0.205. The van der Waals surface area contributed by atoms with Crippen LogP contribution in [0.5, 0.6) is 0 Å². The molecule has 6 nitrogen and oxygen atoms in total. The zero-order valence-electron chi connectivity index (χ0n) is 13.6. The predicted molar refractivity (Wildman–Crippen MR) is 95.6 cm³/mol. The molecule has 1 aromatic heterocycles. The van der Waals surface area contributed by atoms with Crippen molar-refractivity contribution in [1.29, 1.82) is 0 Å². The fraction of sp³-hybridized carbons (Fsp3) is 0.111. The number of aromatic nitrogens is 1. The molecule has 0 aliphatic heterocycles. The molecule has 2 N–H and O–H groups in total. The van der Waals surface area contributed by atoms with Gasteiger partial charge in [-0.1, -0.05) is 36.4 Å². The SMILES string of the molecule is CNS(=O)(=O)c1cccc(CNC(=O)c2nccc3ccccc23)c1. The van der Waals surface area contributed by atoms with Gasteiger partial charge in [-0.3, -0.25) is 9.78 Å². The number of pyridine rings is 1. The van der Waals surface area contributed by atoms with E-state index >= 15 is 0 Å². The first-order chi connectivity index (χ1) is 12.0. The second-order valence-corrected chi connectivity index (χ2v) is 7.30. The maximum Gasteiger partial charge on any atom is 0.270 e. The fourth-order valence-electron chi connectivity index (χ4n) is 2.51. The second-order valence-electron chi connectivity index (χ2n) is 5.42. The lowest BCUT2D eigenvalue weighted by atomic mass is 10.1. The minimum atomic E-state index is -3.52. The summed E-state index contributed by atoms with van der Waals surface area (Å²) in [6, 6.07) is 15.8. The molecule has 0 fully saturated rings. The first-order valence-electron chi connectivity index (χ1n) is 7.66. The van der Waals surface area contributed by atoms with Crippen molar-refractivity contribution < 1.29 is 13.2 Å². The molecule has 3 aromatic rings. The van der Waals surface area contributed by atoms with Gasteiger partial charge in [0.05, 0.1) is 4.90 Å². The number of carbonyl (C=O) groups is 1. The third-order valence-corrected chi connectivity index (χ3v) is 5.23. The smallest absolute Gasteiger partial charge is 0.270 e. The van der Waals surface area contributed by atoms with Gasteiger partial charge in [-0.25, -0.2) is 13.1 Å². The molecule has 7 heteroatoms. The lowest BCUT2D eigenvalue weighted by molar-refractivity contribution is 0.0948. The number of carbonyl (C=O) groups excluding carboxylic acids is 1. The minimum absolute atomic E-state index is 0.157. The molecule has 1 amide bonds. The van der Waals surface area contributed by atoms with Gasteiger partial charge in [0, 0.05) is 18.1 Å². The van der Waals surface area contributed by atoms with E-state index in [1.54, 1.807) is 18.3 Å². The Kier molecular flexibility index (Phi) is 4.78. The van der Waals surface area contributed by atoms with Gasteiger partial charge in [-0.05, 0) is 36.2 Å². The highest BCUT2D eigenvalue weighted by Gasteiger charge is 2.13. The van der Waals surface area contributed by atoms with Crippen molar-refractivity contribution in [2.45, 2.75) is 11.4 Å². The molecule has 3 rings (SSSR count). The van der Waals surface area contributed by atoms with Crippen molar-refractivity contribution in [3.63, 3.8) is 0 Å². The first kappa shape index (κ1) is 17.1. The van der Waals surface area contributed by atoms with Gasteiger partial charge < -0.3 is 5.32 Å². The largest absolute Gasteiger partial charge is 0.347 e. The Balaban J connectivity index is 1.80. The summed E-state index contributed by atoms with van der Waals surface area (Å²) in [5.74, 6) is -0.307. The van der Waals surface area contributed by atoms with Gasteiger partial charge in [0.15, 0.2) is 0 Å². The van der Waals surface area contributed by atoms with Gasteiger partial charge in [0.1, 0.15) is 5.69 Å². The van der Waals surface area contributed by atoms with E-state index in [-0.39, 0.29) is 17.3 Å². The zero-order valence-corrected chi connectivity index (χ0v) is 14.4. The van der Waals surface area contributed by atoms with Crippen LogP contribution in [0.15, 0.2) is 65.7 Å². The average molecular weight is 355 g/mol. The highest BCUT2D eigenvalue weighted by Crippen LogP contribution is 2.16. The summed E-state index contributed by atoms with van der Waals surface area (Å²) in [5.41, 5.74) is 1.03. The van der Waals surface area contributed by atoms with Crippen molar-refractivity contribution in [3.05, 3.63) is 72.1 Å². The molecule has 0 saturated heterocycles. The number of sulfonamides is 1. The van der Waals surface area contributed by atoms with Crippen LogP contribution in [0, 0.1) is 0 Å². The third kappa shape index (κ3) is 3.67. The zero-order chi connectivity index (χ0) is 17.9. The van der Waals surface area contributed by atoms with Gasteiger partial charge in [0.2, 0.25) is 10.0 Å². The predicted octanol–water partition coefficient (Wildman–Crippen LogP) is 2.07. The number of rotatable bonds is 5. The van der Waals surface area contributed by atoms with Crippen LogP contribution < -0.4 is 10.0 Å². The van der Waals surface area contributed by atoms with Crippen LogP contribution in [0.1, 0.15) is 16.1 Å². The molecule has 0 bridgehead atoms. The molecule has 0 radical (unpaired) electrons. The fourth-order valence-corrected chi connectivity index (χ4v) is 3.31. The maximum atomic E-state index is 12.5. The van der Waals surface area contributed by atoms with Gasteiger partial charge >= 0.3 is 0 Å². The van der Waals surface area contributed by atoms with E-state index in [9.17, 15) is 13.2 Å². The second kappa shape index (κ2) is 7.00. The molecule has 0 aliphatic rings. The van der Waals surface area contributed by atoms with Crippen LogP contribution in [0.2, 0.25) is 0 Å². The average Bonchev–Trinajstić information content (AvgIpc) is 2.66. The van der Waals surface area contributed by atoms with E-state index in [2.05, 4.69) is 15.0 Å². The summed E-state index contributed by atoms with van der Waals surface area (Å²) in [7, 11) is -2.16. The summed E-state index contributed by atoms with van der Waals surface area (Å²) in [6.07, 6.45) is 1.59. The summed E-state index contributed by atoms with van der Waals surface area (Å²) >= 11 is 0. The van der Waals surface area contributed by atoms with Crippen molar-refractivity contribution >= 4 is 26.7 Å². The highest BCUT2D eigenvalue weighted by atomic mass is 32.2. The summed E-state index contributed by atoms with van der Waals surface area (Å²) in [5, 5.41) is 4.49. The van der Waals surface area contributed by atoms with Crippen molar-refractivity contribution in [2.75, 3.05) is 7.05 Å². The molecule has 0 aliphatic carbocycles. The molecule has 0 atom stereocenters. The van der Waals surface area contributed by atoms with Crippen LogP contribution in [0.3, 0.4) is 0 Å². The molecule has 25 heavy (non-hydrogen) atoms. The number of nitrogens with one attached hydrogen (secondary N) is 2. The lowest BCUT2D eigenvalue weighted by Gasteiger charge is -2.09. The Labute approximate surface area is 146 Å². The van der Waals surface area contributed by atoms with E-state index in [0.29, 0.717) is 11.3 Å². The number of hydrogen-bond donors (Lipinski definition) is 2. The number of amides is 1. The van der Waals surface area contributed by atoms with Gasteiger partial charge in [0.25, 0.3) is 5.91 Å². The number of nitrogens with zero attached hydrogens (tertiary/aromatic N) is 1. The van der Waals surface area contributed by atoms with E-state index in [1.165, 1.54) is 19.2 Å². The number of fused-ring (bicyclic) bond motifs is 1. The molecule has 2 aromatic carbocycles. The molecule has 0 saturated carbocycles. The number of benzene rings is 2. The number of hydrogen-bond acceptors (Lipinski definition) is 4. The molecule has 128 valence electrons. The Morgan fingerprint density at radius 1 is 1.08 bits per heavy atom. The topological polar surface area (TPSA) is 88.2 Å². The molecule has 0 unspecified atom stereocenters. The Hall–Kier alpha value is -2.77. The van der Waals surface area contributed by atoms with E-state index < -0.39 is 10.0 Å². The van der Waals surface area contributed by atoms with Crippen molar-refractivity contribution in [3.8, 4) is 0 Å². The Morgan fingerprint density at radius 2 is 1.88 bits per heavy atom. The van der Waals surface area contributed by atoms with Crippen LogP contribution in [-0.2, 0) is 16.6 Å². The Bertz CT molecular complexity index is 1030. The standard InChI is InChI=1S/C18H17N3O3S/c1-19-25(23,24)15-7-4-5-13(11-15)12-21-18(22)17-16-8-3-2-6-14(16)9-10-20-17/h2-11,19H,12H2,1H3,(H,21,22). The lowest BCUT2D eigenvalue weighted by Crippen LogP contribution is -2.24. The molecular formula is C18H17N3O3S. The maximum absolute atomic E-state index is 12.5. The normalized spacial score (nSPS) is 11.4. The van der Waals surface area contributed by atoms with Crippen molar-refractivity contribution in [2.24, 2.45) is 0 Å². The van der Waals surface area contributed by atoms with Crippen LogP contribution >= 0.6 is 0 Å². The molecule has 0 spiro atoms. The summed E-state index contributed by atoms with van der Waals surface area (Å²) < 4.78 is 26.0. The molecule has 1 heterocycles. The van der Waals surface area contributed by atoms with E-state index in [1.807, 2.05) is 30.3 Å². The highest BCUT2D eigenvalue weighted by molar-refractivity contribution is 7.89. The Morgan fingerprint density at radius 3 is 2.68 bits per heavy atom. The van der Waals surface area contributed by atoms with E-state index in [0.717, 1.165) is 10.8 Å². The van der Waals surface area contributed by atoms with E-state index in [4.69, 9.17) is 0 Å². The molecular weight excluding hydrogens is 338 g/mol. The van der Waals surface area contributed by atoms with Gasteiger partial charge in [-0.2, -0.15) is 0 Å². The van der Waals surface area contributed by atoms with Crippen LogP contribution in [-0.4, -0.2) is 26.4 Å². The summed E-state index contributed by atoms with van der Waals surface area (Å²) in [4.78, 5) is 16.8. The minimum Gasteiger partial charge on any atom is -0.347 e. The van der Waals surface area contributed by atoms with Crippen LogP contribution in [0.4, 0.5) is 0 Å². The first-order valence-corrected chi connectivity index (χ1v) is 9.14. The third-order valence-electron chi connectivity index (χ3n) is 3.82. The van der Waals surface area contributed by atoms with Gasteiger partial charge in [-0.15, -0.1) is 0 Å². The van der Waals surface area contributed by atoms with Crippen molar-refractivity contribution in [1.82, 2.24) is 15.0 Å². The monoisotopic (exact) mass is 355 g/mol.